The lowest BCUT2D eigenvalue weighted by molar-refractivity contribution is -0.0729. The summed E-state index contributed by atoms with van der Waals surface area (Å²) in [5.41, 5.74) is 7.12. The van der Waals surface area contributed by atoms with E-state index in [0.717, 1.165) is 12.0 Å². The molecule has 1 aliphatic rings. The van der Waals surface area contributed by atoms with E-state index in [1.165, 1.54) is 0 Å². The van der Waals surface area contributed by atoms with Gasteiger partial charge in [0.2, 0.25) is 0 Å². The van der Waals surface area contributed by atoms with Crippen molar-refractivity contribution in [3.63, 3.8) is 0 Å². The smallest absolute Gasteiger partial charge is 0.173 e. The zero-order valence-corrected chi connectivity index (χ0v) is 12.6. The van der Waals surface area contributed by atoms with Gasteiger partial charge in [0.25, 0.3) is 0 Å². The SMILES string of the molecule is COc1ccc(CNC2CC(O)C2(C)C)cc1/C(N)=N/O. The molecular formula is C15H23N3O3. The zero-order chi connectivity index (χ0) is 15.6. The second-order valence-corrected chi connectivity index (χ2v) is 6.03. The van der Waals surface area contributed by atoms with E-state index in [9.17, 15) is 5.11 Å². The normalized spacial score (nSPS) is 24.5. The molecule has 0 amide bonds. The third-order valence-corrected chi connectivity index (χ3v) is 4.42. The Labute approximate surface area is 124 Å². The van der Waals surface area contributed by atoms with Gasteiger partial charge in [0.05, 0.1) is 18.8 Å². The first kappa shape index (κ1) is 15.6. The molecule has 0 spiro atoms. The Hall–Kier alpha value is -1.79. The molecule has 0 aromatic heterocycles. The molecule has 2 unspecified atom stereocenters. The number of hydrogen-bond donors (Lipinski definition) is 4. The number of hydrogen-bond acceptors (Lipinski definition) is 5. The van der Waals surface area contributed by atoms with Crippen LogP contribution in [-0.2, 0) is 6.54 Å². The molecule has 1 saturated carbocycles. The van der Waals surface area contributed by atoms with Crippen molar-refractivity contribution in [1.29, 1.82) is 0 Å². The van der Waals surface area contributed by atoms with Crippen LogP contribution in [0.5, 0.6) is 5.75 Å². The standard InChI is InChI=1S/C15H23N3O3/c1-15(2)12(7-13(15)19)17-8-9-4-5-11(21-3)10(6-9)14(16)18-20/h4-6,12-13,17,19-20H,7-8H2,1-3H3,(H2,16,18). The summed E-state index contributed by atoms with van der Waals surface area (Å²) >= 11 is 0. The highest BCUT2D eigenvalue weighted by atomic mass is 16.5. The number of aliphatic hydroxyl groups is 1. The number of nitrogens with zero attached hydrogens (tertiary/aromatic N) is 1. The van der Waals surface area contributed by atoms with Gasteiger partial charge in [-0.25, -0.2) is 0 Å². The van der Waals surface area contributed by atoms with Gasteiger partial charge in [-0.3, -0.25) is 0 Å². The topological polar surface area (TPSA) is 100 Å². The fraction of sp³-hybridized carbons (Fsp3) is 0.533. The Kier molecular flexibility index (Phi) is 4.39. The van der Waals surface area contributed by atoms with Gasteiger partial charge >= 0.3 is 0 Å². The van der Waals surface area contributed by atoms with E-state index in [-0.39, 0.29) is 23.4 Å². The molecule has 0 radical (unpaired) electrons. The lowest BCUT2D eigenvalue weighted by Crippen LogP contribution is -2.59. The number of rotatable bonds is 5. The van der Waals surface area contributed by atoms with E-state index in [4.69, 9.17) is 15.7 Å². The van der Waals surface area contributed by atoms with Crippen LogP contribution in [0.2, 0.25) is 0 Å². The minimum absolute atomic E-state index is 0.0214. The Balaban J connectivity index is 2.08. The van der Waals surface area contributed by atoms with E-state index in [2.05, 4.69) is 24.3 Å². The van der Waals surface area contributed by atoms with Gasteiger partial charge in [-0.1, -0.05) is 25.1 Å². The molecule has 0 saturated heterocycles. The lowest BCUT2D eigenvalue weighted by Gasteiger charge is -2.49. The second-order valence-electron chi connectivity index (χ2n) is 6.03. The Bertz CT molecular complexity index is 543. The number of aliphatic hydroxyl groups excluding tert-OH is 1. The first-order valence-corrected chi connectivity index (χ1v) is 6.96. The van der Waals surface area contributed by atoms with Crippen molar-refractivity contribution in [2.45, 2.75) is 39.0 Å². The Morgan fingerprint density at radius 3 is 2.76 bits per heavy atom. The number of amidine groups is 1. The molecular weight excluding hydrogens is 270 g/mol. The number of ether oxygens (including phenoxy) is 1. The summed E-state index contributed by atoms with van der Waals surface area (Å²) in [6.45, 7) is 4.75. The largest absolute Gasteiger partial charge is 0.496 e. The van der Waals surface area contributed by atoms with Gasteiger partial charge in [-0.05, 0) is 24.1 Å². The summed E-state index contributed by atoms with van der Waals surface area (Å²) in [5.74, 6) is 0.585. The minimum Gasteiger partial charge on any atom is -0.496 e. The van der Waals surface area contributed by atoms with E-state index in [1.54, 1.807) is 13.2 Å². The summed E-state index contributed by atoms with van der Waals surface area (Å²) in [6.07, 6.45) is 0.509. The maximum atomic E-state index is 9.74. The highest BCUT2D eigenvalue weighted by molar-refractivity contribution is 5.99. The molecule has 1 aliphatic carbocycles. The van der Waals surface area contributed by atoms with Crippen molar-refractivity contribution < 1.29 is 15.1 Å². The van der Waals surface area contributed by atoms with Crippen LogP contribution in [0.15, 0.2) is 23.4 Å². The maximum Gasteiger partial charge on any atom is 0.173 e. The molecule has 1 fully saturated rings. The van der Waals surface area contributed by atoms with Gasteiger partial charge in [0.15, 0.2) is 5.84 Å². The van der Waals surface area contributed by atoms with Crippen molar-refractivity contribution in [1.82, 2.24) is 5.32 Å². The first-order chi connectivity index (χ1) is 9.90. The highest BCUT2D eigenvalue weighted by Gasteiger charge is 2.46. The van der Waals surface area contributed by atoms with E-state index in [1.807, 2.05) is 12.1 Å². The van der Waals surface area contributed by atoms with Crippen molar-refractivity contribution in [2.75, 3.05) is 7.11 Å². The molecule has 6 heteroatoms. The maximum absolute atomic E-state index is 9.74. The molecule has 0 heterocycles. The molecule has 2 atom stereocenters. The van der Waals surface area contributed by atoms with E-state index < -0.39 is 0 Å². The van der Waals surface area contributed by atoms with Crippen LogP contribution in [0.4, 0.5) is 0 Å². The number of oxime groups is 1. The molecule has 21 heavy (non-hydrogen) atoms. The van der Waals surface area contributed by atoms with E-state index >= 15 is 0 Å². The molecule has 116 valence electrons. The van der Waals surface area contributed by atoms with Crippen LogP contribution in [0.25, 0.3) is 0 Å². The average molecular weight is 293 g/mol. The lowest BCUT2D eigenvalue weighted by atomic mass is 9.64. The highest BCUT2D eigenvalue weighted by Crippen LogP contribution is 2.40. The first-order valence-electron chi connectivity index (χ1n) is 6.96. The van der Waals surface area contributed by atoms with Gasteiger partial charge in [-0.15, -0.1) is 0 Å². The Morgan fingerprint density at radius 1 is 1.52 bits per heavy atom. The average Bonchev–Trinajstić information content (AvgIpc) is 2.50. The molecule has 0 bridgehead atoms. The fourth-order valence-corrected chi connectivity index (χ4v) is 2.61. The summed E-state index contributed by atoms with van der Waals surface area (Å²) in [6, 6.07) is 5.85. The van der Waals surface area contributed by atoms with Crippen LogP contribution in [0.3, 0.4) is 0 Å². The van der Waals surface area contributed by atoms with Gasteiger partial charge in [0, 0.05) is 18.0 Å². The minimum atomic E-state index is -0.251. The molecule has 0 aliphatic heterocycles. The molecule has 1 aromatic carbocycles. The fourth-order valence-electron chi connectivity index (χ4n) is 2.61. The number of nitrogens with one attached hydrogen (secondary N) is 1. The van der Waals surface area contributed by atoms with Gasteiger partial charge < -0.3 is 26.1 Å². The number of methoxy groups -OCH3 is 1. The predicted octanol–water partition coefficient (Wildman–Crippen LogP) is 1.04. The quantitative estimate of drug-likeness (QED) is 0.281. The molecule has 6 nitrogen and oxygen atoms in total. The van der Waals surface area contributed by atoms with Gasteiger partial charge in [-0.2, -0.15) is 0 Å². The Morgan fingerprint density at radius 2 is 2.24 bits per heavy atom. The molecule has 1 aromatic rings. The third-order valence-electron chi connectivity index (χ3n) is 4.42. The van der Waals surface area contributed by atoms with Gasteiger partial charge in [0.1, 0.15) is 5.75 Å². The van der Waals surface area contributed by atoms with E-state index in [0.29, 0.717) is 17.9 Å². The van der Waals surface area contributed by atoms with Crippen LogP contribution in [0, 0.1) is 5.41 Å². The number of nitrogens with two attached hydrogens (primary N) is 1. The predicted molar refractivity (Wildman–Crippen MR) is 80.5 cm³/mol. The number of benzene rings is 1. The van der Waals surface area contributed by atoms with Crippen molar-refractivity contribution >= 4 is 5.84 Å². The summed E-state index contributed by atoms with van der Waals surface area (Å²) < 4.78 is 5.20. The third kappa shape index (κ3) is 2.96. The molecule has 5 N–H and O–H groups in total. The summed E-state index contributed by atoms with van der Waals surface area (Å²) in [5, 5.41) is 25.0. The van der Waals surface area contributed by atoms with Crippen molar-refractivity contribution in [3.05, 3.63) is 29.3 Å². The summed E-state index contributed by atoms with van der Waals surface area (Å²) in [4.78, 5) is 0. The van der Waals surface area contributed by atoms with Crippen LogP contribution >= 0.6 is 0 Å². The van der Waals surface area contributed by atoms with Crippen LogP contribution in [-0.4, -0.2) is 35.4 Å². The summed E-state index contributed by atoms with van der Waals surface area (Å²) in [7, 11) is 1.54. The monoisotopic (exact) mass is 293 g/mol. The van der Waals surface area contributed by atoms with Crippen LogP contribution < -0.4 is 15.8 Å². The molecule has 2 rings (SSSR count). The van der Waals surface area contributed by atoms with Crippen LogP contribution in [0.1, 0.15) is 31.4 Å². The van der Waals surface area contributed by atoms with Crippen molar-refractivity contribution in [2.24, 2.45) is 16.3 Å². The van der Waals surface area contributed by atoms with Crippen molar-refractivity contribution in [3.8, 4) is 5.75 Å². The second kappa shape index (κ2) is 5.91. The zero-order valence-electron chi connectivity index (χ0n) is 12.6.